The molecule has 0 saturated carbocycles. The van der Waals surface area contributed by atoms with Crippen molar-refractivity contribution in [2.24, 2.45) is 0 Å². The molecule has 0 aliphatic heterocycles. The maximum atomic E-state index is 11.1. The number of ether oxygens (including phenoxy) is 3. The number of hydrogen-bond acceptors (Lipinski definition) is 4. The molecule has 0 aliphatic rings. The molecular weight excluding hydrogens is 232 g/mol. The number of carbonyl (C=O) groups excluding carboxylic acids is 1. The lowest BCUT2D eigenvalue weighted by Crippen LogP contribution is -2.04. The summed E-state index contributed by atoms with van der Waals surface area (Å²) < 4.78 is 15.8. The largest absolute Gasteiger partial charge is 0.492 e. The van der Waals surface area contributed by atoms with Crippen LogP contribution in [0.1, 0.15) is 6.92 Å². The van der Waals surface area contributed by atoms with Crippen LogP contribution in [0.4, 0.5) is 0 Å². The first-order valence-electron chi connectivity index (χ1n) is 5.49. The van der Waals surface area contributed by atoms with Gasteiger partial charge in [0.2, 0.25) is 5.75 Å². The normalized spacial score (nSPS) is 10.2. The highest BCUT2D eigenvalue weighted by atomic mass is 16.6. The van der Waals surface area contributed by atoms with Crippen LogP contribution in [0.3, 0.4) is 0 Å². The Morgan fingerprint density at radius 1 is 1.06 bits per heavy atom. The zero-order valence-corrected chi connectivity index (χ0v) is 10.5. The summed E-state index contributed by atoms with van der Waals surface area (Å²) >= 11 is 0. The first kappa shape index (κ1) is 12.2. The molecule has 0 fully saturated rings. The zero-order valence-electron chi connectivity index (χ0n) is 10.5. The van der Waals surface area contributed by atoms with Gasteiger partial charge in [0.1, 0.15) is 0 Å². The van der Waals surface area contributed by atoms with Crippen LogP contribution in [-0.4, -0.2) is 20.2 Å². The molecule has 2 aromatic rings. The van der Waals surface area contributed by atoms with Gasteiger partial charge in [0.15, 0.2) is 11.5 Å². The second-order valence-electron chi connectivity index (χ2n) is 3.76. The molecule has 0 amide bonds. The van der Waals surface area contributed by atoms with Gasteiger partial charge in [0.05, 0.1) is 14.2 Å². The number of carbonyl (C=O) groups is 1. The van der Waals surface area contributed by atoms with Crippen LogP contribution >= 0.6 is 0 Å². The van der Waals surface area contributed by atoms with E-state index in [0.717, 1.165) is 10.8 Å². The van der Waals surface area contributed by atoms with Gasteiger partial charge in [-0.05, 0) is 11.5 Å². The minimum atomic E-state index is -0.398. The van der Waals surface area contributed by atoms with Crippen molar-refractivity contribution in [2.45, 2.75) is 6.92 Å². The van der Waals surface area contributed by atoms with E-state index in [1.807, 2.05) is 24.3 Å². The molecule has 0 unspecified atom stereocenters. The van der Waals surface area contributed by atoms with Gasteiger partial charge in [-0.25, -0.2) is 0 Å². The molecule has 0 bridgehead atoms. The Labute approximate surface area is 105 Å². The molecule has 18 heavy (non-hydrogen) atoms. The lowest BCUT2D eigenvalue weighted by atomic mass is 10.1. The Morgan fingerprint density at radius 2 is 1.72 bits per heavy atom. The topological polar surface area (TPSA) is 44.8 Å². The molecule has 94 valence electrons. The molecule has 0 radical (unpaired) electrons. The Bertz CT molecular complexity index is 590. The molecule has 2 aromatic carbocycles. The van der Waals surface area contributed by atoms with Crippen LogP contribution in [0.5, 0.6) is 17.2 Å². The van der Waals surface area contributed by atoms with E-state index in [2.05, 4.69) is 0 Å². The van der Waals surface area contributed by atoms with Crippen molar-refractivity contribution in [1.29, 1.82) is 0 Å². The van der Waals surface area contributed by atoms with Crippen LogP contribution < -0.4 is 14.2 Å². The van der Waals surface area contributed by atoms with Gasteiger partial charge in [-0.2, -0.15) is 0 Å². The molecule has 0 N–H and O–H groups in total. The van der Waals surface area contributed by atoms with Crippen LogP contribution in [0.2, 0.25) is 0 Å². The van der Waals surface area contributed by atoms with Gasteiger partial charge in [0.25, 0.3) is 0 Å². The van der Waals surface area contributed by atoms with Crippen LogP contribution in [0.25, 0.3) is 10.8 Å². The minimum Gasteiger partial charge on any atom is -0.492 e. The average Bonchev–Trinajstić information content (AvgIpc) is 2.36. The molecule has 0 heterocycles. The number of benzene rings is 2. The molecule has 4 nitrogen and oxygen atoms in total. The van der Waals surface area contributed by atoms with E-state index in [4.69, 9.17) is 14.2 Å². The molecule has 4 heteroatoms. The van der Waals surface area contributed by atoms with E-state index in [1.54, 1.807) is 13.2 Å². The third kappa shape index (κ3) is 2.09. The van der Waals surface area contributed by atoms with Gasteiger partial charge >= 0.3 is 5.97 Å². The molecule has 0 aromatic heterocycles. The predicted octanol–water partition coefficient (Wildman–Crippen LogP) is 2.78. The molecule has 0 saturated heterocycles. The summed E-state index contributed by atoms with van der Waals surface area (Å²) in [4.78, 5) is 11.1. The van der Waals surface area contributed by atoms with Crippen molar-refractivity contribution >= 4 is 16.7 Å². The molecule has 2 rings (SSSR count). The fraction of sp³-hybridized carbons (Fsp3) is 0.214. The van der Waals surface area contributed by atoms with Crippen molar-refractivity contribution in [2.75, 3.05) is 14.2 Å². The molecular formula is C14H14O4. The van der Waals surface area contributed by atoms with E-state index in [0.29, 0.717) is 17.2 Å². The summed E-state index contributed by atoms with van der Waals surface area (Å²) in [6.45, 7) is 1.35. The number of hydrogen-bond donors (Lipinski definition) is 0. The summed E-state index contributed by atoms with van der Waals surface area (Å²) in [6, 6.07) is 9.43. The summed E-state index contributed by atoms with van der Waals surface area (Å²) in [6.07, 6.45) is 0. The Morgan fingerprint density at radius 3 is 2.33 bits per heavy atom. The van der Waals surface area contributed by atoms with Crippen LogP contribution in [-0.2, 0) is 4.79 Å². The van der Waals surface area contributed by atoms with Crippen molar-refractivity contribution in [1.82, 2.24) is 0 Å². The van der Waals surface area contributed by atoms with Gasteiger partial charge in [-0.1, -0.05) is 24.3 Å². The van der Waals surface area contributed by atoms with Crippen molar-refractivity contribution in [3.8, 4) is 17.2 Å². The molecule has 0 atom stereocenters. The summed E-state index contributed by atoms with van der Waals surface area (Å²) in [5.74, 6) is 0.949. The van der Waals surface area contributed by atoms with E-state index in [1.165, 1.54) is 14.0 Å². The van der Waals surface area contributed by atoms with Gasteiger partial charge < -0.3 is 14.2 Å². The highest BCUT2D eigenvalue weighted by Gasteiger charge is 2.17. The second kappa shape index (κ2) is 4.96. The minimum absolute atomic E-state index is 0.362. The summed E-state index contributed by atoms with van der Waals surface area (Å²) in [5.41, 5.74) is 0. The quantitative estimate of drug-likeness (QED) is 0.617. The second-order valence-corrected chi connectivity index (χ2v) is 3.76. The van der Waals surface area contributed by atoms with E-state index >= 15 is 0 Å². The monoisotopic (exact) mass is 246 g/mol. The fourth-order valence-corrected chi connectivity index (χ4v) is 1.90. The Kier molecular flexibility index (Phi) is 3.37. The number of fused-ring (bicyclic) bond motifs is 1. The first-order valence-corrected chi connectivity index (χ1v) is 5.49. The van der Waals surface area contributed by atoms with E-state index in [9.17, 15) is 4.79 Å². The van der Waals surface area contributed by atoms with E-state index < -0.39 is 5.97 Å². The van der Waals surface area contributed by atoms with Crippen molar-refractivity contribution < 1.29 is 19.0 Å². The highest BCUT2D eigenvalue weighted by molar-refractivity contribution is 5.93. The maximum absolute atomic E-state index is 11.1. The summed E-state index contributed by atoms with van der Waals surface area (Å²) in [5, 5.41) is 1.83. The van der Waals surface area contributed by atoms with Crippen molar-refractivity contribution in [3.05, 3.63) is 30.3 Å². The lowest BCUT2D eigenvalue weighted by molar-refractivity contribution is -0.132. The number of methoxy groups -OCH3 is 2. The SMILES string of the molecule is COc1c(OC(C)=O)cc2ccccc2c1OC. The first-order chi connectivity index (χ1) is 8.67. The highest BCUT2D eigenvalue weighted by Crippen LogP contribution is 2.43. The molecule has 0 spiro atoms. The standard InChI is InChI=1S/C14H14O4/c1-9(15)18-12-8-10-6-4-5-7-11(10)13(16-2)14(12)17-3/h4-8H,1-3H3. The lowest BCUT2D eigenvalue weighted by Gasteiger charge is -2.14. The van der Waals surface area contributed by atoms with Crippen LogP contribution in [0, 0.1) is 0 Å². The van der Waals surface area contributed by atoms with Gasteiger partial charge in [0, 0.05) is 12.3 Å². The van der Waals surface area contributed by atoms with Gasteiger partial charge in [-0.15, -0.1) is 0 Å². The zero-order chi connectivity index (χ0) is 13.1. The number of esters is 1. The average molecular weight is 246 g/mol. The fourth-order valence-electron chi connectivity index (χ4n) is 1.90. The number of rotatable bonds is 3. The van der Waals surface area contributed by atoms with E-state index in [-0.39, 0.29) is 0 Å². The molecule has 0 aliphatic carbocycles. The maximum Gasteiger partial charge on any atom is 0.308 e. The van der Waals surface area contributed by atoms with Crippen LogP contribution in [0.15, 0.2) is 30.3 Å². The smallest absolute Gasteiger partial charge is 0.308 e. The van der Waals surface area contributed by atoms with Gasteiger partial charge in [-0.3, -0.25) is 4.79 Å². The third-order valence-electron chi connectivity index (χ3n) is 2.58. The Hall–Kier alpha value is -2.23. The van der Waals surface area contributed by atoms with Crippen molar-refractivity contribution in [3.63, 3.8) is 0 Å². The predicted molar refractivity (Wildman–Crippen MR) is 68.4 cm³/mol. The summed E-state index contributed by atoms with van der Waals surface area (Å²) in [7, 11) is 3.07. The third-order valence-corrected chi connectivity index (χ3v) is 2.58. The Balaban J connectivity index is 2.73.